The molecule has 0 aliphatic carbocycles. The van der Waals surface area contributed by atoms with Gasteiger partial charge in [0.1, 0.15) is 0 Å². The fourth-order valence-electron chi connectivity index (χ4n) is 3.04. The Kier molecular flexibility index (Phi) is 7.23. The average molecular weight is 405 g/mol. The zero-order valence-electron chi connectivity index (χ0n) is 15.4. The number of carbonyl (C=O) groups is 2. The van der Waals surface area contributed by atoms with E-state index in [-0.39, 0.29) is 17.7 Å². The molecule has 1 aliphatic heterocycles. The molecule has 1 unspecified atom stereocenters. The second-order valence-electron chi connectivity index (χ2n) is 6.57. The van der Waals surface area contributed by atoms with Crippen molar-refractivity contribution >= 4 is 40.0 Å². The van der Waals surface area contributed by atoms with Gasteiger partial charge in [-0.25, -0.2) is 0 Å². The second kappa shape index (κ2) is 9.85. The van der Waals surface area contributed by atoms with Crippen LogP contribution in [-0.2, 0) is 15.3 Å². The fourth-order valence-corrected chi connectivity index (χ4v) is 4.75. The number of nitrogens with zero attached hydrogens (tertiary/aromatic N) is 3. The lowest BCUT2D eigenvalue weighted by molar-refractivity contribution is -0.134. The Morgan fingerprint density at radius 2 is 2.11 bits per heavy atom. The molecule has 1 aromatic carbocycles. The minimum absolute atomic E-state index is 0.0697. The normalized spacial score (nSPS) is 16.9. The quantitative estimate of drug-likeness (QED) is 0.561. The van der Waals surface area contributed by atoms with E-state index in [1.165, 1.54) is 16.9 Å². The van der Waals surface area contributed by atoms with Crippen molar-refractivity contribution in [3.8, 4) is 0 Å². The molecule has 3 rings (SSSR count). The third-order valence-corrected chi connectivity index (χ3v) is 6.49. The molecule has 0 spiro atoms. The van der Waals surface area contributed by atoms with E-state index in [2.05, 4.69) is 27.6 Å². The summed E-state index contributed by atoms with van der Waals surface area (Å²) >= 11 is 3.00. The number of likely N-dealkylation sites (tertiary alicyclic amines) is 1. The zero-order valence-corrected chi connectivity index (χ0v) is 17.0. The summed E-state index contributed by atoms with van der Waals surface area (Å²) in [7, 11) is 0. The van der Waals surface area contributed by atoms with Crippen LogP contribution in [0.5, 0.6) is 0 Å². The van der Waals surface area contributed by atoms with Crippen LogP contribution in [0.25, 0.3) is 0 Å². The van der Waals surface area contributed by atoms with Gasteiger partial charge < -0.3 is 10.2 Å². The zero-order chi connectivity index (χ0) is 19.1. The SMILES string of the molecule is CCCC(=O)N1CCCC(C(=O)Nc2nnc(SCc3ccccc3)s2)C1. The molecule has 1 N–H and O–H groups in total. The molecule has 8 heteroatoms. The van der Waals surface area contributed by atoms with Gasteiger partial charge >= 0.3 is 0 Å². The van der Waals surface area contributed by atoms with Crippen molar-refractivity contribution in [2.75, 3.05) is 18.4 Å². The first-order chi connectivity index (χ1) is 13.2. The minimum atomic E-state index is -0.177. The van der Waals surface area contributed by atoms with Crippen molar-refractivity contribution in [3.05, 3.63) is 35.9 Å². The molecule has 1 aromatic heterocycles. The summed E-state index contributed by atoms with van der Waals surface area (Å²) in [6.45, 7) is 3.25. The van der Waals surface area contributed by atoms with Gasteiger partial charge in [0, 0.05) is 25.3 Å². The summed E-state index contributed by atoms with van der Waals surface area (Å²) in [6.07, 6.45) is 3.05. The number of aromatic nitrogens is 2. The van der Waals surface area contributed by atoms with Crippen LogP contribution in [0.2, 0.25) is 0 Å². The van der Waals surface area contributed by atoms with E-state index in [0.717, 1.165) is 35.9 Å². The second-order valence-corrected chi connectivity index (χ2v) is 8.77. The maximum Gasteiger partial charge on any atom is 0.231 e. The Balaban J connectivity index is 1.50. The molecule has 27 heavy (non-hydrogen) atoms. The van der Waals surface area contributed by atoms with E-state index >= 15 is 0 Å². The van der Waals surface area contributed by atoms with Gasteiger partial charge in [-0.1, -0.05) is 60.4 Å². The number of hydrogen-bond donors (Lipinski definition) is 1. The standard InChI is InChI=1S/C19H24N4O2S2/c1-2-7-16(24)23-11-6-10-15(12-23)17(25)20-18-21-22-19(27-18)26-13-14-8-4-3-5-9-14/h3-5,8-9,15H,2,6-7,10-13H2,1H3,(H,20,21,25). The summed E-state index contributed by atoms with van der Waals surface area (Å²) in [5, 5.41) is 11.6. The van der Waals surface area contributed by atoms with E-state index in [0.29, 0.717) is 18.1 Å². The van der Waals surface area contributed by atoms with Gasteiger partial charge in [-0.05, 0) is 24.8 Å². The smallest absolute Gasteiger partial charge is 0.231 e. The summed E-state index contributed by atoms with van der Waals surface area (Å²) in [6, 6.07) is 10.2. The molecule has 2 aromatic rings. The molecule has 2 heterocycles. The molecular formula is C19H24N4O2S2. The first kappa shape index (κ1) is 19.8. The molecule has 6 nitrogen and oxygen atoms in total. The molecule has 1 atom stereocenters. The molecule has 2 amide bonds. The topological polar surface area (TPSA) is 75.2 Å². The first-order valence-electron chi connectivity index (χ1n) is 9.24. The maximum absolute atomic E-state index is 12.6. The third kappa shape index (κ3) is 5.77. The van der Waals surface area contributed by atoms with E-state index in [1.54, 1.807) is 11.8 Å². The number of amides is 2. The predicted molar refractivity (Wildman–Crippen MR) is 109 cm³/mol. The van der Waals surface area contributed by atoms with E-state index in [9.17, 15) is 9.59 Å². The Bertz CT molecular complexity index is 766. The third-order valence-electron chi connectivity index (χ3n) is 4.45. The minimum Gasteiger partial charge on any atom is -0.342 e. The molecule has 1 aliphatic rings. The van der Waals surface area contributed by atoms with Crippen molar-refractivity contribution in [3.63, 3.8) is 0 Å². The molecule has 1 saturated heterocycles. The predicted octanol–water partition coefficient (Wildman–Crippen LogP) is 3.81. The Morgan fingerprint density at radius 3 is 2.89 bits per heavy atom. The Hall–Kier alpha value is -1.93. The highest BCUT2D eigenvalue weighted by Gasteiger charge is 2.28. The van der Waals surface area contributed by atoms with Crippen LogP contribution in [0.3, 0.4) is 0 Å². The van der Waals surface area contributed by atoms with Gasteiger partial charge in [-0.3, -0.25) is 9.59 Å². The average Bonchev–Trinajstić information content (AvgIpc) is 3.15. The van der Waals surface area contributed by atoms with Crippen LogP contribution >= 0.6 is 23.1 Å². The number of piperidine rings is 1. The number of hydrogen-bond acceptors (Lipinski definition) is 6. The largest absolute Gasteiger partial charge is 0.342 e. The van der Waals surface area contributed by atoms with Crippen LogP contribution < -0.4 is 5.32 Å². The molecule has 1 fully saturated rings. The number of nitrogens with one attached hydrogen (secondary N) is 1. The maximum atomic E-state index is 12.6. The molecular weight excluding hydrogens is 380 g/mol. The Labute approximate surface area is 167 Å². The van der Waals surface area contributed by atoms with Crippen molar-refractivity contribution in [2.24, 2.45) is 5.92 Å². The number of thioether (sulfide) groups is 1. The highest BCUT2D eigenvalue weighted by Crippen LogP contribution is 2.29. The van der Waals surface area contributed by atoms with Crippen molar-refractivity contribution in [1.29, 1.82) is 0 Å². The van der Waals surface area contributed by atoms with Crippen LogP contribution in [0.1, 0.15) is 38.2 Å². The fraction of sp³-hybridized carbons (Fsp3) is 0.474. The van der Waals surface area contributed by atoms with Crippen molar-refractivity contribution in [1.82, 2.24) is 15.1 Å². The highest BCUT2D eigenvalue weighted by atomic mass is 32.2. The number of carbonyl (C=O) groups excluding carboxylic acids is 2. The van der Waals surface area contributed by atoms with Crippen LogP contribution in [-0.4, -0.2) is 40.0 Å². The van der Waals surface area contributed by atoms with E-state index < -0.39 is 0 Å². The number of rotatable bonds is 7. The van der Waals surface area contributed by atoms with Crippen LogP contribution in [0.4, 0.5) is 5.13 Å². The van der Waals surface area contributed by atoms with Crippen molar-refractivity contribution in [2.45, 2.75) is 42.7 Å². The van der Waals surface area contributed by atoms with E-state index in [4.69, 9.17) is 0 Å². The summed E-state index contributed by atoms with van der Waals surface area (Å²) in [5.41, 5.74) is 1.22. The molecule has 0 radical (unpaired) electrons. The summed E-state index contributed by atoms with van der Waals surface area (Å²) in [4.78, 5) is 26.5. The van der Waals surface area contributed by atoms with Gasteiger partial charge in [0.2, 0.25) is 16.9 Å². The molecule has 144 valence electrons. The number of benzene rings is 1. The van der Waals surface area contributed by atoms with Gasteiger partial charge in [0.05, 0.1) is 5.92 Å². The first-order valence-corrected chi connectivity index (χ1v) is 11.0. The Morgan fingerprint density at radius 1 is 1.30 bits per heavy atom. The monoisotopic (exact) mass is 404 g/mol. The molecule has 0 saturated carbocycles. The lowest BCUT2D eigenvalue weighted by Crippen LogP contribution is -2.43. The molecule has 0 bridgehead atoms. The van der Waals surface area contributed by atoms with E-state index in [1.807, 2.05) is 30.0 Å². The van der Waals surface area contributed by atoms with Gasteiger partial charge in [0.25, 0.3) is 0 Å². The highest BCUT2D eigenvalue weighted by molar-refractivity contribution is 8.00. The number of anilines is 1. The van der Waals surface area contributed by atoms with Crippen LogP contribution in [0.15, 0.2) is 34.7 Å². The lowest BCUT2D eigenvalue weighted by Gasteiger charge is -2.31. The summed E-state index contributed by atoms with van der Waals surface area (Å²) in [5.74, 6) is 0.717. The summed E-state index contributed by atoms with van der Waals surface area (Å²) < 4.78 is 0.831. The van der Waals surface area contributed by atoms with Crippen LogP contribution in [0, 0.1) is 5.92 Å². The van der Waals surface area contributed by atoms with Crippen molar-refractivity contribution < 1.29 is 9.59 Å². The van der Waals surface area contributed by atoms with Gasteiger partial charge in [-0.2, -0.15) is 0 Å². The van der Waals surface area contributed by atoms with Gasteiger partial charge in [0.15, 0.2) is 4.34 Å². The van der Waals surface area contributed by atoms with Gasteiger partial charge in [-0.15, -0.1) is 10.2 Å². The lowest BCUT2D eigenvalue weighted by atomic mass is 9.97.